The number of allylic oxidation sites excluding steroid dienone is 2. The molecule has 3 unspecified atom stereocenters. The molecule has 1 aromatic heterocycles. The fraction of sp³-hybridized carbons (Fsp3) is 0.250. The van der Waals surface area contributed by atoms with Crippen molar-refractivity contribution in [2.75, 3.05) is 4.90 Å². The average Bonchev–Trinajstić information content (AvgIpc) is 3.25. The monoisotopic (exact) mass is 385 g/mol. The third-order valence-electron chi connectivity index (χ3n) is 4.96. The smallest absolute Gasteiger partial charge is 0.379 e. The number of ether oxygens (including phenoxy) is 1. The number of amides is 2. The van der Waals surface area contributed by atoms with Gasteiger partial charge in [-0.25, -0.2) is 9.69 Å². The molecule has 3 atom stereocenters. The van der Waals surface area contributed by atoms with Crippen molar-refractivity contribution < 1.29 is 23.5 Å². The molecule has 0 radical (unpaired) electrons. The van der Waals surface area contributed by atoms with Gasteiger partial charge < -0.3 is 9.15 Å². The topological polar surface area (TPSA) is 76.8 Å². The number of imide groups is 1. The van der Waals surface area contributed by atoms with Crippen LogP contribution in [0.5, 0.6) is 5.75 Å². The van der Waals surface area contributed by atoms with Crippen LogP contribution in [0.1, 0.15) is 23.9 Å². The van der Waals surface area contributed by atoms with Crippen molar-refractivity contribution in [3.8, 4) is 5.75 Å². The van der Waals surface area contributed by atoms with Gasteiger partial charge in [-0.1, -0.05) is 30.7 Å². The lowest BCUT2D eigenvalue weighted by Gasteiger charge is -2.22. The van der Waals surface area contributed by atoms with E-state index in [1.807, 2.05) is 19.1 Å². The maximum atomic E-state index is 13.0. The number of hydrogen-bond acceptors (Lipinski definition) is 5. The summed E-state index contributed by atoms with van der Waals surface area (Å²) in [6.45, 7) is 1.91. The van der Waals surface area contributed by atoms with Gasteiger partial charge in [-0.05, 0) is 42.7 Å². The largest absolute Gasteiger partial charge is 0.457 e. The summed E-state index contributed by atoms with van der Waals surface area (Å²) in [7, 11) is 0. The second-order valence-electron chi connectivity index (χ2n) is 6.65. The maximum absolute atomic E-state index is 13.0. The standard InChI is InChI=1S/C20H16ClNO5/c1-11-4-2-5-13-17(11)19(24)22(18(13)23)14-10-12(21)7-8-15(14)27-20(25)16-6-3-9-26-16/h2-4,6-11,13,17H,5H2,1H3. The number of benzene rings is 1. The molecule has 27 heavy (non-hydrogen) atoms. The van der Waals surface area contributed by atoms with Crippen LogP contribution in [-0.2, 0) is 9.59 Å². The first-order valence-corrected chi connectivity index (χ1v) is 8.95. The van der Waals surface area contributed by atoms with Crippen LogP contribution in [0.3, 0.4) is 0 Å². The van der Waals surface area contributed by atoms with E-state index in [1.54, 1.807) is 6.07 Å². The van der Waals surface area contributed by atoms with E-state index >= 15 is 0 Å². The Morgan fingerprint density at radius 2 is 2.07 bits per heavy atom. The van der Waals surface area contributed by atoms with Gasteiger partial charge in [0.25, 0.3) is 0 Å². The zero-order valence-electron chi connectivity index (χ0n) is 14.4. The molecule has 4 rings (SSSR count). The first-order valence-electron chi connectivity index (χ1n) is 8.57. The lowest BCUT2D eigenvalue weighted by Crippen LogP contribution is -2.32. The van der Waals surface area contributed by atoms with Gasteiger partial charge in [0, 0.05) is 5.02 Å². The SMILES string of the molecule is CC1C=CCC2C(=O)N(c3cc(Cl)ccc3OC(=O)c3ccco3)C(=O)C12. The highest BCUT2D eigenvalue weighted by atomic mass is 35.5. The molecule has 1 aliphatic carbocycles. The molecule has 0 N–H and O–H groups in total. The zero-order chi connectivity index (χ0) is 19.1. The van der Waals surface area contributed by atoms with Gasteiger partial charge in [0.2, 0.25) is 17.6 Å². The Morgan fingerprint density at radius 1 is 1.26 bits per heavy atom. The van der Waals surface area contributed by atoms with Crippen LogP contribution in [0.2, 0.25) is 5.02 Å². The summed E-state index contributed by atoms with van der Waals surface area (Å²) >= 11 is 6.09. The van der Waals surface area contributed by atoms with Crippen LogP contribution < -0.4 is 9.64 Å². The van der Waals surface area contributed by atoms with Crippen molar-refractivity contribution >= 4 is 35.1 Å². The van der Waals surface area contributed by atoms with Crippen LogP contribution in [0.15, 0.2) is 53.2 Å². The van der Waals surface area contributed by atoms with Gasteiger partial charge in [-0.2, -0.15) is 0 Å². The minimum atomic E-state index is -0.727. The lowest BCUT2D eigenvalue weighted by molar-refractivity contribution is -0.122. The number of esters is 1. The average molecular weight is 386 g/mol. The number of halogens is 1. The van der Waals surface area contributed by atoms with E-state index in [4.69, 9.17) is 20.8 Å². The molecule has 1 aromatic carbocycles. The highest BCUT2D eigenvalue weighted by Gasteiger charge is 2.51. The van der Waals surface area contributed by atoms with Crippen molar-refractivity contribution in [3.05, 3.63) is 59.5 Å². The van der Waals surface area contributed by atoms with E-state index in [2.05, 4.69) is 0 Å². The molecular formula is C20H16ClNO5. The third-order valence-corrected chi connectivity index (χ3v) is 5.19. The zero-order valence-corrected chi connectivity index (χ0v) is 15.2. The number of carbonyl (C=O) groups excluding carboxylic acids is 3. The van der Waals surface area contributed by atoms with Crippen LogP contribution in [-0.4, -0.2) is 17.8 Å². The molecule has 2 aromatic rings. The summed E-state index contributed by atoms with van der Waals surface area (Å²) in [5, 5.41) is 0.324. The second-order valence-corrected chi connectivity index (χ2v) is 7.08. The molecule has 2 aliphatic rings. The van der Waals surface area contributed by atoms with E-state index in [-0.39, 0.29) is 34.9 Å². The Morgan fingerprint density at radius 3 is 2.78 bits per heavy atom. The molecule has 6 nitrogen and oxygen atoms in total. The van der Waals surface area contributed by atoms with Crippen molar-refractivity contribution in [2.24, 2.45) is 17.8 Å². The summed E-state index contributed by atoms with van der Waals surface area (Å²) in [4.78, 5) is 39.3. The molecule has 1 saturated heterocycles. The Balaban J connectivity index is 1.71. The summed E-state index contributed by atoms with van der Waals surface area (Å²) in [6.07, 6.45) is 5.74. The second kappa shape index (κ2) is 6.70. The van der Waals surface area contributed by atoms with Gasteiger partial charge in [0.15, 0.2) is 5.75 Å². The summed E-state index contributed by atoms with van der Waals surface area (Å²) in [5.41, 5.74) is 0.166. The first kappa shape index (κ1) is 17.5. The van der Waals surface area contributed by atoms with Gasteiger partial charge in [-0.15, -0.1) is 0 Å². The molecule has 0 bridgehead atoms. The molecule has 138 valence electrons. The predicted molar refractivity (Wildman–Crippen MR) is 97.5 cm³/mol. The van der Waals surface area contributed by atoms with Crippen LogP contribution in [0, 0.1) is 17.8 Å². The number of fused-ring (bicyclic) bond motifs is 1. The highest BCUT2D eigenvalue weighted by molar-refractivity contribution is 6.31. The summed E-state index contributed by atoms with van der Waals surface area (Å²) < 4.78 is 10.4. The third kappa shape index (κ3) is 2.96. The van der Waals surface area contributed by atoms with Crippen LogP contribution in [0.25, 0.3) is 0 Å². The van der Waals surface area contributed by atoms with Crippen LogP contribution >= 0.6 is 11.6 Å². The molecule has 2 amide bonds. The van der Waals surface area contributed by atoms with Crippen molar-refractivity contribution in [1.29, 1.82) is 0 Å². The van der Waals surface area contributed by atoms with Gasteiger partial charge in [0.05, 0.1) is 23.8 Å². The Labute approximate surface area is 160 Å². The predicted octanol–water partition coefficient (Wildman–Crippen LogP) is 3.85. The number of anilines is 1. The normalized spacial score (nSPS) is 24.2. The molecule has 7 heteroatoms. The van der Waals surface area contributed by atoms with E-state index in [1.165, 1.54) is 30.5 Å². The number of carbonyl (C=O) groups is 3. The summed E-state index contributed by atoms with van der Waals surface area (Å²) in [6, 6.07) is 7.47. The molecule has 0 spiro atoms. The van der Waals surface area contributed by atoms with Gasteiger partial charge >= 0.3 is 5.97 Å². The molecule has 2 heterocycles. The van der Waals surface area contributed by atoms with Crippen molar-refractivity contribution in [2.45, 2.75) is 13.3 Å². The Bertz CT molecular complexity index is 949. The van der Waals surface area contributed by atoms with E-state index < -0.39 is 17.8 Å². The fourth-order valence-corrected chi connectivity index (χ4v) is 3.85. The number of furan rings is 1. The number of hydrogen-bond donors (Lipinski definition) is 0. The van der Waals surface area contributed by atoms with Gasteiger partial charge in [0.1, 0.15) is 0 Å². The van der Waals surface area contributed by atoms with E-state index in [9.17, 15) is 14.4 Å². The Hall–Kier alpha value is -2.86. The fourth-order valence-electron chi connectivity index (χ4n) is 3.68. The van der Waals surface area contributed by atoms with Gasteiger partial charge in [-0.3, -0.25) is 9.59 Å². The minimum Gasteiger partial charge on any atom is -0.457 e. The summed E-state index contributed by atoms with van der Waals surface area (Å²) in [5.74, 6) is -2.13. The molecular weight excluding hydrogens is 370 g/mol. The lowest BCUT2D eigenvalue weighted by atomic mass is 9.78. The molecule has 0 saturated carbocycles. The molecule has 1 fully saturated rings. The highest BCUT2D eigenvalue weighted by Crippen LogP contribution is 2.43. The molecule has 1 aliphatic heterocycles. The maximum Gasteiger partial charge on any atom is 0.379 e. The number of rotatable bonds is 3. The quantitative estimate of drug-likeness (QED) is 0.347. The van der Waals surface area contributed by atoms with Crippen molar-refractivity contribution in [3.63, 3.8) is 0 Å². The van der Waals surface area contributed by atoms with Crippen molar-refractivity contribution in [1.82, 2.24) is 0 Å². The Kier molecular flexibility index (Phi) is 4.36. The van der Waals surface area contributed by atoms with E-state index in [0.717, 1.165) is 4.90 Å². The number of nitrogens with zero attached hydrogens (tertiary/aromatic N) is 1. The minimum absolute atomic E-state index is 0.0152. The van der Waals surface area contributed by atoms with E-state index in [0.29, 0.717) is 11.4 Å². The van der Waals surface area contributed by atoms with Crippen LogP contribution in [0.4, 0.5) is 5.69 Å². The first-order chi connectivity index (χ1) is 13.0.